The molecule has 3 aromatic rings. The first kappa shape index (κ1) is 19.0. The number of hydrogen-bond acceptors (Lipinski definition) is 4. The molecule has 0 aliphatic carbocycles. The summed E-state index contributed by atoms with van der Waals surface area (Å²) in [5.41, 5.74) is 2.88. The molecule has 2 aromatic carbocycles. The number of likely N-dealkylation sites (tertiary alicyclic amines) is 1. The number of H-pyrrole nitrogens is 1. The van der Waals surface area contributed by atoms with Crippen molar-refractivity contribution in [3.63, 3.8) is 0 Å². The van der Waals surface area contributed by atoms with E-state index in [4.69, 9.17) is 0 Å². The molecule has 0 radical (unpaired) electrons. The molecule has 2 heterocycles. The summed E-state index contributed by atoms with van der Waals surface area (Å²) in [6.45, 7) is 1.68. The van der Waals surface area contributed by atoms with E-state index in [-0.39, 0.29) is 17.8 Å². The normalized spacial score (nSPS) is 16.8. The molecule has 3 N–H and O–H groups in total. The fourth-order valence-electron chi connectivity index (χ4n) is 3.46. The molecule has 28 heavy (non-hydrogen) atoms. The quantitative estimate of drug-likeness (QED) is 0.438. The minimum atomic E-state index is -0.374. The molecule has 0 bridgehead atoms. The van der Waals surface area contributed by atoms with E-state index in [0.29, 0.717) is 32.5 Å². The van der Waals surface area contributed by atoms with Crippen LogP contribution in [0.5, 0.6) is 0 Å². The lowest BCUT2D eigenvalue weighted by Crippen LogP contribution is -2.31. The second kappa shape index (κ2) is 8.34. The molecular weight excluding hydrogens is 377 g/mol. The molecule has 7 heteroatoms. The number of hydrogen-bond donors (Lipinski definition) is 3. The highest BCUT2D eigenvalue weighted by Crippen LogP contribution is 2.30. The first-order chi connectivity index (χ1) is 13.6. The Kier molecular flexibility index (Phi) is 5.66. The van der Waals surface area contributed by atoms with Crippen molar-refractivity contribution in [1.82, 2.24) is 14.6 Å². The Bertz CT molecular complexity index is 973. The van der Waals surface area contributed by atoms with Crippen LogP contribution in [0.15, 0.2) is 53.6 Å². The Balaban J connectivity index is 1.30. The maximum Gasteiger partial charge on any atom is 0.223 e. The van der Waals surface area contributed by atoms with Gasteiger partial charge in [-0.05, 0) is 54.3 Å². The molecule has 1 aromatic heterocycles. The fourth-order valence-corrected chi connectivity index (χ4v) is 4.10. The molecular formula is C21H22FN3O2S. The summed E-state index contributed by atoms with van der Waals surface area (Å²) in [5, 5.41) is 10.5. The minimum absolute atomic E-state index is 0.0794. The largest absolute Gasteiger partial charge is 0.391 e. The number of carbonyl (C=O) groups excluding carboxylic acids is 1. The number of aliphatic hydroxyl groups excluding tert-OH is 1. The molecule has 1 atom stereocenters. The van der Waals surface area contributed by atoms with E-state index < -0.39 is 0 Å². The summed E-state index contributed by atoms with van der Waals surface area (Å²) in [5.74, 6) is -0.172. The number of fused-ring (bicyclic) bond motifs is 1. The van der Waals surface area contributed by atoms with Crippen LogP contribution < -0.4 is 4.72 Å². The zero-order chi connectivity index (χ0) is 19.5. The predicted octanol–water partition coefficient (Wildman–Crippen LogP) is 3.55. The summed E-state index contributed by atoms with van der Waals surface area (Å²) in [7, 11) is 0. The predicted molar refractivity (Wildman–Crippen MR) is 109 cm³/mol. The Morgan fingerprint density at radius 2 is 2.11 bits per heavy atom. The molecule has 146 valence electrons. The van der Waals surface area contributed by atoms with Gasteiger partial charge < -0.3 is 15.0 Å². The third-order valence-electron chi connectivity index (χ3n) is 4.96. The average molecular weight is 399 g/mol. The number of β-amino-alcohol motifs (C(OH)–C–C–N with tert-alkyl or cyclic N) is 1. The lowest BCUT2D eigenvalue weighted by Gasteiger charge is -2.15. The number of rotatable bonds is 6. The van der Waals surface area contributed by atoms with Crippen molar-refractivity contribution in [2.24, 2.45) is 0 Å². The number of halogens is 1. The SMILES string of the molecule is O=C(CCNSc1ccc(-c2c[nH]c3cc(F)ccc23)cc1)N1CCC(O)C1. The van der Waals surface area contributed by atoms with Crippen molar-refractivity contribution in [1.29, 1.82) is 0 Å². The van der Waals surface area contributed by atoms with Gasteiger partial charge >= 0.3 is 0 Å². The first-order valence-corrected chi connectivity index (χ1v) is 10.1. The van der Waals surface area contributed by atoms with Gasteiger partial charge in [0.05, 0.1) is 6.10 Å². The number of aromatic amines is 1. The molecule has 0 saturated carbocycles. The molecule has 1 amide bonds. The van der Waals surface area contributed by atoms with Crippen LogP contribution in [0.25, 0.3) is 22.0 Å². The lowest BCUT2D eigenvalue weighted by atomic mass is 10.1. The van der Waals surface area contributed by atoms with E-state index in [0.717, 1.165) is 26.9 Å². The molecule has 4 rings (SSSR count). The summed E-state index contributed by atoms with van der Waals surface area (Å²) in [4.78, 5) is 17.9. The minimum Gasteiger partial charge on any atom is -0.391 e. The van der Waals surface area contributed by atoms with Gasteiger partial charge in [-0.3, -0.25) is 9.52 Å². The molecule has 1 fully saturated rings. The van der Waals surface area contributed by atoms with Crippen LogP contribution in [-0.2, 0) is 4.79 Å². The highest BCUT2D eigenvalue weighted by molar-refractivity contribution is 7.97. The topological polar surface area (TPSA) is 68.4 Å². The van der Waals surface area contributed by atoms with Crippen molar-refractivity contribution < 1.29 is 14.3 Å². The highest BCUT2D eigenvalue weighted by atomic mass is 32.2. The first-order valence-electron chi connectivity index (χ1n) is 9.33. The number of nitrogens with zero attached hydrogens (tertiary/aromatic N) is 1. The van der Waals surface area contributed by atoms with Crippen LogP contribution in [0, 0.1) is 5.82 Å². The molecule has 0 spiro atoms. The summed E-state index contributed by atoms with van der Waals surface area (Å²) >= 11 is 1.49. The number of aliphatic hydroxyl groups is 1. The van der Waals surface area contributed by atoms with Gasteiger partial charge in [0.25, 0.3) is 0 Å². The van der Waals surface area contributed by atoms with Gasteiger partial charge in [-0.15, -0.1) is 0 Å². The monoisotopic (exact) mass is 399 g/mol. The summed E-state index contributed by atoms with van der Waals surface area (Å²) in [6, 6.07) is 12.9. The van der Waals surface area contributed by atoms with E-state index in [9.17, 15) is 14.3 Å². The van der Waals surface area contributed by atoms with E-state index in [2.05, 4.69) is 9.71 Å². The van der Waals surface area contributed by atoms with Crippen LogP contribution in [0.2, 0.25) is 0 Å². The number of nitrogens with one attached hydrogen (secondary N) is 2. The molecule has 1 saturated heterocycles. The second-order valence-corrected chi connectivity index (χ2v) is 7.91. The zero-order valence-electron chi connectivity index (χ0n) is 15.3. The van der Waals surface area contributed by atoms with Crippen molar-refractivity contribution in [3.8, 4) is 11.1 Å². The standard InChI is InChI=1S/C21H22FN3O2S/c22-15-3-6-18-19(12-23-20(18)11-15)14-1-4-17(5-2-14)28-24-9-7-21(27)25-10-8-16(26)13-25/h1-6,11-12,16,23-24,26H,7-10,13H2. The van der Waals surface area contributed by atoms with Crippen LogP contribution in [-0.4, -0.2) is 46.6 Å². The lowest BCUT2D eigenvalue weighted by molar-refractivity contribution is -0.130. The molecule has 1 unspecified atom stereocenters. The number of benzene rings is 2. The number of aromatic nitrogens is 1. The Morgan fingerprint density at radius 3 is 2.86 bits per heavy atom. The van der Waals surface area contributed by atoms with Crippen molar-refractivity contribution >= 4 is 28.8 Å². The maximum atomic E-state index is 13.3. The van der Waals surface area contributed by atoms with Crippen molar-refractivity contribution in [2.75, 3.05) is 19.6 Å². The van der Waals surface area contributed by atoms with E-state index in [1.54, 1.807) is 11.0 Å². The molecule has 1 aliphatic rings. The smallest absolute Gasteiger partial charge is 0.223 e. The third-order valence-corrected chi connectivity index (χ3v) is 5.81. The van der Waals surface area contributed by atoms with Crippen molar-refractivity contribution in [2.45, 2.75) is 23.8 Å². The third kappa shape index (κ3) is 4.22. The average Bonchev–Trinajstić information content (AvgIpc) is 3.31. The van der Waals surface area contributed by atoms with Gasteiger partial charge in [0.1, 0.15) is 5.82 Å². The van der Waals surface area contributed by atoms with E-state index in [1.165, 1.54) is 24.1 Å². The molecule has 5 nitrogen and oxygen atoms in total. The number of carbonyl (C=O) groups is 1. The van der Waals surface area contributed by atoms with Crippen molar-refractivity contribution in [3.05, 3.63) is 54.5 Å². The summed E-state index contributed by atoms with van der Waals surface area (Å²) in [6.07, 6.45) is 2.61. The summed E-state index contributed by atoms with van der Waals surface area (Å²) < 4.78 is 16.6. The Hall–Kier alpha value is -2.35. The van der Waals surface area contributed by atoms with E-state index in [1.807, 2.05) is 30.5 Å². The van der Waals surface area contributed by atoms with Gasteiger partial charge in [-0.25, -0.2) is 4.39 Å². The van der Waals surface area contributed by atoms with Crippen LogP contribution in [0.4, 0.5) is 4.39 Å². The highest BCUT2D eigenvalue weighted by Gasteiger charge is 2.23. The van der Waals surface area contributed by atoms with Crippen LogP contribution in [0.1, 0.15) is 12.8 Å². The Labute approximate surface area is 167 Å². The maximum absolute atomic E-state index is 13.3. The molecule has 1 aliphatic heterocycles. The van der Waals surface area contributed by atoms with Gasteiger partial charge in [-0.1, -0.05) is 12.1 Å². The van der Waals surface area contributed by atoms with Crippen LogP contribution >= 0.6 is 11.9 Å². The van der Waals surface area contributed by atoms with Gasteiger partial charge in [0.2, 0.25) is 5.91 Å². The Morgan fingerprint density at radius 1 is 1.29 bits per heavy atom. The van der Waals surface area contributed by atoms with Crippen LogP contribution in [0.3, 0.4) is 0 Å². The van der Waals surface area contributed by atoms with E-state index >= 15 is 0 Å². The fraction of sp³-hybridized carbons (Fsp3) is 0.286. The number of amides is 1. The van der Waals surface area contributed by atoms with Gasteiger partial charge in [0, 0.05) is 53.6 Å². The van der Waals surface area contributed by atoms with Gasteiger partial charge in [-0.2, -0.15) is 0 Å². The van der Waals surface area contributed by atoms with Gasteiger partial charge in [0.15, 0.2) is 0 Å². The zero-order valence-corrected chi connectivity index (χ0v) is 16.1. The second-order valence-electron chi connectivity index (χ2n) is 6.95.